The van der Waals surface area contributed by atoms with E-state index in [1.165, 1.54) is 199 Å². The van der Waals surface area contributed by atoms with Crippen molar-refractivity contribution in [2.24, 2.45) is 0 Å². The van der Waals surface area contributed by atoms with E-state index in [-0.39, 0.29) is 19.4 Å². The van der Waals surface area contributed by atoms with E-state index in [4.69, 9.17) is 14.2 Å². The van der Waals surface area contributed by atoms with Crippen molar-refractivity contribution in [3.05, 3.63) is 48.6 Å². The molecule has 0 aromatic rings. The number of nitrogens with one attached hydrogen (secondary N) is 1. The van der Waals surface area contributed by atoms with Gasteiger partial charge in [0.25, 0.3) is 0 Å². The van der Waals surface area contributed by atoms with Crippen LogP contribution in [-0.2, 0) is 23.8 Å². The molecule has 1 amide bonds. The van der Waals surface area contributed by atoms with E-state index in [0.717, 1.165) is 77.0 Å². The normalized spacial score (nSPS) is 18.9. The summed E-state index contributed by atoms with van der Waals surface area (Å²) in [5.74, 6) is -1.19. The van der Waals surface area contributed by atoms with Gasteiger partial charge in [0.1, 0.15) is 24.4 Å². The first-order valence-corrected chi connectivity index (χ1v) is 34.4. The van der Waals surface area contributed by atoms with Gasteiger partial charge in [-0.25, -0.2) is 0 Å². The van der Waals surface area contributed by atoms with Crippen LogP contribution in [0.4, 0.5) is 0 Å². The lowest BCUT2D eigenvalue weighted by Gasteiger charge is -2.41. The van der Waals surface area contributed by atoms with Crippen molar-refractivity contribution in [1.82, 2.24) is 5.32 Å². The Morgan fingerprint density at radius 3 is 1.30 bits per heavy atom. The molecule has 0 aliphatic carbocycles. The van der Waals surface area contributed by atoms with E-state index in [0.29, 0.717) is 12.8 Å². The first-order chi connectivity index (χ1) is 39.7. The number of esters is 1. The van der Waals surface area contributed by atoms with E-state index in [9.17, 15) is 35.1 Å². The molecule has 1 rings (SSSR count). The smallest absolute Gasteiger partial charge is 0.306 e. The molecule has 1 heterocycles. The molecule has 0 aromatic heterocycles. The third-order valence-corrected chi connectivity index (χ3v) is 16.2. The Labute approximate surface area is 497 Å². The fraction of sp³-hybridized carbons (Fsp3) is 0.857. The number of ether oxygens (including phenoxy) is 3. The number of rotatable bonds is 59. The number of aliphatic hydroxyl groups excluding tert-OH is 5. The molecule has 6 N–H and O–H groups in total. The van der Waals surface area contributed by atoms with Gasteiger partial charge in [-0.2, -0.15) is 0 Å². The second-order valence-corrected chi connectivity index (χ2v) is 23.9. The molecule has 1 fully saturated rings. The van der Waals surface area contributed by atoms with Gasteiger partial charge in [0.2, 0.25) is 5.91 Å². The quantitative estimate of drug-likeness (QED) is 0.0195. The Morgan fingerprint density at radius 2 is 0.852 bits per heavy atom. The summed E-state index contributed by atoms with van der Waals surface area (Å²) in [6.45, 7) is 5.79. The van der Waals surface area contributed by atoms with Crippen molar-refractivity contribution in [1.29, 1.82) is 0 Å². The number of carbonyl (C=O) groups excluding carboxylic acids is 2. The van der Waals surface area contributed by atoms with Crippen molar-refractivity contribution in [2.45, 2.75) is 372 Å². The highest BCUT2D eigenvalue weighted by atomic mass is 16.7. The van der Waals surface area contributed by atoms with Gasteiger partial charge in [0, 0.05) is 6.42 Å². The zero-order chi connectivity index (χ0) is 58.9. The summed E-state index contributed by atoms with van der Waals surface area (Å²) in [6, 6.07) is -1.02. The predicted molar refractivity (Wildman–Crippen MR) is 338 cm³/mol. The maximum absolute atomic E-state index is 13.5. The van der Waals surface area contributed by atoms with Gasteiger partial charge in [-0.1, -0.05) is 301 Å². The van der Waals surface area contributed by atoms with E-state index in [1.54, 1.807) is 6.08 Å². The van der Waals surface area contributed by atoms with Crippen LogP contribution >= 0.6 is 0 Å². The van der Waals surface area contributed by atoms with Crippen LogP contribution < -0.4 is 5.32 Å². The highest BCUT2D eigenvalue weighted by Gasteiger charge is 2.47. The predicted octanol–water partition coefficient (Wildman–Crippen LogP) is 17.2. The molecule has 474 valence electrons. The summed E-state index contributed by atoms with van der Waals surface area (Å²) in [5, 5.41) is 57.1. The zero-order valence-corrected chi connectivity index (χ0v) is 52.7. The van der Waals surface area contributed by atoms with Crippen LogP contribution in [0, 0.1) is 0 Å². The molecule has 0 aromatic carbocycles. The average molecular weight is 1140 g/mol. The topological polar surface area (TPSA) is 175 Å². The third-order valence-electron chi connectivity index (χ3n) is 16.2. The number of unbranched alkanes of at least 4 members (excludes halogenated alkanes) is 39. The van der Waals surface area contributed by atoms with Crippen LogP contribution in [0.2, 0.25) is 0 Å². The Balaban J connectivity index is 2.59. The molecule has 0 saturated carbocycles. The Morgan fingerprint density at radius 1 is 0.481 bits per heavy atom. The van der Waals surface area contributed by atoms with Crippen LogP contribution in [0.25, 0.3) is 0 Å². The Bertz CT molecular complexity index is 1500. The van der Waals surface area contributed by atoms with Crippen LogP contribution in [0.5, 0.6) is 0 Å². The summed E-state index contributed by atoms with van der Waals surface area (Å²) >= 11 is 0. The van der Waals surface area contributed by atoms with E-state index < -0.39 is 67.4 Å². The SMILES string of the molecule is CCCCC/C=C\C/C=C\C/C=C\CCCCCCCCCCCC(O)C(=O)NC(COC1OC(CO)C(O)C(O)C1OC(=O)CCCCCCCCCCCCCCCCCCCCC)C(O)/C=C/CCCCCCCCCCC. The molecular weight excluding hydrogens is 1010 g/mol. The summed E-state index contributed by atoms with van der Waals surface area (Å²) in [5.41, 5.74) is 0. The Hall–Kier alpha value is -2.38. The molecular formula is C70H129NO10. The zero-order valence-electron chi connectivity index (χ0n) is 52.7. The van der Waals surface area contributed by atoms with Crippen molar-refractivity contribution in [2.75, 3.05) is 13.2 Å². The number of amides is 1. The number of hydrogen-bond donors (Lipinski definition) is 6. The van der Waals surface area contributed by atoms with Crippen molar-refractivity contribution >= 4 is 11.9 Å². The van der Waals surface area contributed by atoms with Gasteiger partial charge in [0.15, 0.2) is 12.4 Å². The molecule has 81 heavy (non-hydrogen) atoms. The molecule has 0 spiro atoms. The summed E-state index contributed by atoms with van der Waals surface area (Å²) in [4.78, 5) is 26.6. The van der Waals surface area contributed by atoms with Gasteiger partial charge in [-0.15, -0.1) is 0 Å². The van der Waals surface area contributed by atoms with Gasteiger partial charge in [-0.05, 0) is 64.2 Å². The molecule has 1 aliphatic rings. The van der Waals surface area contributed by atoms with Crippen molar-refractivity contribution < 1.29 is 49.3 Å². The lowest BCUT2D eigenvalue weighted by Crippen LogP contribution is -2.61. The maximum Gasteiger partial charge on any atom is 0.306 e. The number of carbonyl (C=O) groups is 2. The number of aliphatic hydroxyl groups is 5. The Kier molecular flexibility index (Phi) is 54.9. The highest BCUT2D eigenvalue weighted by Crippen LogP contribution is 2.26. The molecule has 0 radical (unpaired) electrons. The van der Waals surface area contributed by atoms with Gasteiger partial charge < -0.3 is 45.1 Å². The molecule has 11 nitrogen and oxygen atoms in total. The molecule has 8 atom stereocenters. The molecule has 11 heteroatoms. The van der Waals surface area contributed by atoms with Crippen LogP contribution in [0.3, 0.4) is 0 Å². The minimum atomic E-state index is -1.61. The summed E-state index contributed by atoms with van der Waals surface area (Å²) in [6.07, 6.45) is 61.5. The van der Waals surface area contributed by atoms with Crippen LogP contribution in [-0.4, -0.2) is 99.6 Å². The highest BCUT2D eigenvalue weighted by molar-refractivity contribution is 5.80. The molecule has 0 bridgehead atoms. The van der Waals surface area contributed by atoms with Crippen LogP contribution in [0.15, 0.2) is 48.6 Å². The minimum Gasteiger partial charge on any atom is -0.454 e. The summed E-state index contributed by atoms with van der Waals surface area (Å²) < 4.78 is 17.7. The second-order valence-electron chi connectivity index (χ2n) is 23.9. The average Bonchev–Trinajstić information content (AvgIpc) is 3.52. The van der Waals surface area contributed by atoms with E-state index >= 15 is 0 Å². The van der Waals surface area contributed by atoms with Gasteiger partial charge >= 0.3 is 5.97 Å². The van der Waals surface area contributed by atoms with Crippen molar-refractivity contribution in [3.8, 4) is 0 Å². The monoisotopic (exact) mass is 1140 g/mol. The fourth-order valence-corrected chi connectivity index (χ4v) is 10.8. The van der Waals surface area contributed by atoms with Gasteiger partial charge in [-0.3, -0.25) is 9.59 Å². The largest absolute Gasteiger partial charge is 0.454 e. The molecule has 8 unspecified atom stereocenters. The van der Waals surface area contributed by atoms with Crippen LogP contribution in [0.1, 0.15) is 323 Å². The molecule has 1 aliphatic heterocycles. The van der Waals surface area contributed by atoms with E-state index in [1.807, 2.05) is 6.08 Å². The second kappa shape index (κ2) is 58.0. The lowest BCUT2D eigenvalue weighted by atomic mass is 9.99. The molecule has 1 saturated heterocycles. The first-order valence-electron chi connectivity index (χ1n) is 34.4. The fourth-order valence-electron chi connectivity index (χ4n) is 10.8. The van der Waals surface area contributed by atoms with Gasteiger partial charge in [0.05, 0.1) is 25.4 Å². The first kappa shape index (κ1) is 76.6. The number of allylic oxidation sites excluding steroid dienone is 7. The van der Waals surface area contributed by atoms with E-state index in [2.05, 4.69) is 62.5 Å². The standard InChI is InChI=1S/C70H129NO10/c1-4-7-10-13-16-19-22-24-26-28-30-31-32-34-35-37-39-42-45-48-51-54-57-63(74)69(78)71-61(62(73)56-53-50-47-44-41-21-18-15-12-9-6-3)60-79-70-68(67(77)66(76)64(59-72)80-70)81-65(75)58-55-52-49-46-43-40-38-36-33-29-27-25-23-20-17-14-11-8-5-2/h16,19,24,26,30-31,53,56,61-64,66-68,70,72-74,76-77H,4-15,17-18,20-23,25,27-29,32-52,54-55,57-60H2,1-3H3,(H,71,78)/b19-16-,26-24-,31-30-,56-53+. The number of hydrogen-bond acceptors (Lipinski definition) is 10. The lowest BCUT2D eigenvalue weighted by molar-refractivity contribution is -0.305. The minimum absolute atomic E-state index is 0.128. The van der Waals surface area contributed by atoms with Crippen molar-refractivity contribution in [3.63, 3.8) is 0 Å². The maximum atomic E-state index is 13.5. The summed E-state index contributed by atoms with van der Waals surface area (Å²) in [7, 11) is 0. The third kappa shape index (κ3) is 45.6.